The minimum atomic E-state index is -0.366. The summed E-state index contributed by atoms with van der Waals surface area (Å²) in [5, 5.41) is 16.2. The van der Waals surface area contributed by atoms with Gasteiger partial charge in [0.05, 0.1) is 12.1 Å². The molecule has 2 aliphatic rings. The predicted octanol–water partition coefficient (Wildman–Crippen LogP) is -1.22. The Bertz CT molecular complexity index is 254. The number of nitrogens with zero attached hydrogens (tertiary/aromatic N) is 1. The first-order chi connectivity index (χ1) is 7.68. The van der Waals surface area contributed by atoms with Crippen LogP contribution in [0.5, 0.6) is 0 Å². The normalized spacial score (nSPS) is 36.1. The zero-order chi connectivity index (χ0) is 11.5. The third-order valence-corrected chi connectivity index (χ3v) is 3.57. The number of aliphatic hydroxyl groups excluding tert-OH is 1. The van der Waals surface area contributed by atoms with Crippen molar-refractivity contribution in [3.05, 3.63) is 0 Å². The molecule has 3 unspecified atom stereocenters. The summed E-state index contributed by atoms with van der Waals surface area (Å²) >= 11 is 0. The molecule has 2 rings (SSSR count). The average Bonchev–Trinajstić information content (AvgIpc) is 2.33. The molecule has 0 aromatic heterocycles. The second kappa shape index (κ2) is 5.12. The van der Waals surface area contributed by atoms with E-state index in [1.807, 2.05) is 6.92 Å². The van der Waals surface area contributed by atoms with Gasteiger partial charge in [-0.15, -0.1) is 0 Å². The van der Waals surface area contributed by atoms with E-state index in [1.54, 1.807) is 4.90 Å². The Morgan fingerprint density at radius 2 is 2.25 bits per heavy atom. The van der Waals surface area contributed by atoms with Crippen LogP contribution in [-0.4, -0.2) is 60.8 Å². The smallest absolute Gasteiger partial charge is 0.241 e. The second-order valence-corrected chi connectivity index (χ2v) is 4.83. The molecule has 2 heterocycles. The summed E-state index contributed by atoms with van der Waals surface area (Å²) in [6, 6.07) is -0.116. The molecule has 0 aromatic carbocycles. The maximum atomic E-state index is 12.1. The molecular weight excluding hydrogens is 206 g/mol. The van der Waals surface area contributed by atoms with Gasteiger partial charge in [-0.3, -0.25) is 4.79 Å². The van der Waals surface area contributed by atoms with Gasteiger partial charge in [0.25, 0.3) is 0 Å². The average molecular weight is 227 g/mol. The fraction of sp³-hybridized carbons (Fsp3) is 0.909. The number of carbonyl (C=O) groups excluding carboxylic acids is 1. The van der Waals surface area contributed by atoms with Gasteiger partial charge in [0.2, 0.25) is 5.91 Å². The second-order valence-electron chi connectivity index (χ2n) is 4.83. The van der Waals surface area contributed by atoms with Crippen LogP contribution in [0.15, 0.2) is 0 Å². The first kappa shape index (κ1) is 11.8. The molecule has 0 spiro atoms. The van der Waals surface area contributed by atoms with Crippen LogP contribution >= 0.6 is 0 Å². The molecule has 5 heteroatoms. The highest BCUT2D eigenvalue weighted by atomic mass is 16.3. The van der Waals surface area contributed by atoms with E-state index >= 15 is 0 Å². The molecule has 0 radical (unpaired) electrons. The topological polar surface area (TPSA) is 64.6 Å². The Balaban J connectivity index is 1.89. The third kappa shape index (κ3) is 2.53. The van der Waals surface area contributed by atoms with Gasteiger partial charge in [-0.1, -0.05) is 6.92 Å². The summed E-state index contributed by atoms with van der Waals surface area (Å²) in [4.78, 5) is 13.9. The van der Waals surface area contributed by atoms with Crippen LogP contribution in [0.25, 0.3) is 0 Å². The van der Waals surface area contributed by atoms with E-state index in [9.17, 15) is 9.90 Å². The minimum Gasteiger partial charge on any atom is -0.391 e. The molecule has 3 atom stereocenters. The highest BCUT2D eigenvalue weighted by Crippen LogP contribution is 2.17. The number of amides is 1. The SMILES string of the molecule is CC1CCN(C(=O)C2CNCCN2)CC1O. The molecule has 5 nitrogen and oxygen atoms in total. The lowest BCUT2D eigenvalue weighted by molar-refractivity contribution is -0.137. The van der Waals surface area contributed by atoms with Crippen LogP contribution < -0.4 is 10.6 Å². The number of piperidine rings is 1. The minimum absolute atomic E-state index is 0.116. The van der Waals surface area contributed by atoms with Gasteiger partial charge in [-0.2, -0.15) is 0 Å². The van der Waals surface area contributed by atoms with Gasteiger partial charge in [-0.05, 0) is 12.3 Å². The monoisotopic (exact) mass is 227 g/mol. The van der Waals surface area contributed by atoms with Gasteiger partial charge in [0.15, 0.2) is 0 Å². The number of nitrogens with one attached hydrogen (secondary N) is 2. The van der Waals surface area contributed by atoms with E-state index in [2.05, 4.69) is 10.6 Å². The van der Waals surface area contributed by atoms with Crippen molar-refractivity contribution in [2.24, 2.45) is 5.92 Å². The number of piperazine rings is 1. The molecule has 0 aromatic rings. The van der Waals surface area contributed by atoms with Gasteiger partial charge in [-0.25, -0.2) is 0 Å². The number of carbonyl (C=O) groups is 1. The van der Waals surface area contributed by atoms with Gasteiger partial charge in [0, 0.05) is 32.7 Å². The van der Waals surface area contributed by atoms with E-state index in [-0.39, 0.29) is 18.1 Å². The van der Waals surface area contributed by atoms with Crippen molar-refractivity contribution in [2.75, 3.05) is 32.7 Å². The van der Waals surface area contributed by atoms with Gasteiger partial charge < -0.3 is 20.6 Å². The van der Waals surface area contributed by atoms with Crippen molar-refractivity contribution < 1.29 is 9.90 Å². The summed E-state index contributed by atoms with van der Waals surface area (Å²) in [6.45, 7) is 5.74. The number of hydrogen-bond donors (Lipinski definition) is 3. The van der Waals surface area contributed by atoms with Crippen molar-refractivity contribution in [3.8, 4) is 0 Å². The molecule has 3 N–H and O–H groups in total. The number of β-amino-alcohol motifs (C(OH)–C–C–N with tert-alkyl or cyclic N) is 1. The summed E-state index contributed by atoms with van der Waals surface area (Å²) < 4.78 is 0. The van der Waals surface area contributed by atoms with Crippen LogP contribution in [0, 0.1) is 5.92 Å². The van der Waals surface area contributed by atoms with E-state index in [4.69, 9.17) is 0 Å². The number of likely N-dealkylation sites (tertiary alicyclic amines) is 1. The van der Waals surface area contributed by atoms with E-state index in [0.29, 0.717) is 19.0 Å². The van der Waals surface area contributed by atoms with Crippen molar-refractivity contribution in [1.82, 2.24) is 15.5 Å². The lowest BCUT2D eigenvalue weighted by atomic mass is 9.95. The molecule has 2 fully saturated rings. The molecule has 1 amide bonds. The Morgan fingerprint density at radius 3 is 2.88 bits per heavy atom. The maximum Gasteiger partial charge on any atom is 0.241 e. The summed E-state index contributed by atoms with van der Waals surface area (Å²) in [5.41, 5.74) is 0. The zero-order valence-electron chi connectivity index (χ0n) is 9.78. The predicted molar refractivity (Wildman–Crippen MR) is 61.0 cm³/mol. The molecule has 0 saturated carbocycles. The molecule has 0 bridgehead atoms. The van der Waals surface area contributed by atoms with Crippen LogP contribution in [0.2, 0.25) is 0 Å². The molecule has 2 saturated heterocycles. The van der Waals surface area contributed by atoms with E-state index in [1.165, 1.54) is 0 Å². The summed E-state index contributed by atoms with van der Waals surface area (Å²) in [5.74, 6) is 0.430. The molecular formula is C11H21N3O2. The lowest BCUT2D eigenvalue weighted by Crippen LogP contribution is -2.59. The zero-order valence-corrected chi connectivity index (χ0v) is 9.78. The van der Waals surface area contributed by atoms with Gasteiger partial charge >= 0.3 is 0 Å². The largest absolute Gasteiger partial charge is 0.391 e. The van der Waals surface area contributed by atoms with Crippen LogP contribution in [0.4, 0.5) is 0 Å². The fourth-order valence-electron chi connectivity index (χ4n) is 2.30. The number of hydrogen-bond acceptors (Lipinski definition) is 4. The number of rotatable bonds is 1. The molecule has 2 aliphatic heterocycles. The van der Waals surface area contributed by atoms with Crippen molar-refractivity contribution in [2.45, 2.75) is 25.5 Å². The highest BCUT2D eigenvalue weighted by Gasteiger charge is 2.31. The quantitative estimate of drug-likeness (QED) is 0.525. The highest BCUT2D eigenvalue weighted by molar-refractivity contribution is 5.82. The Morgan fingerprint density at radius 1 is 1.44 bits per heavy atom. The Hall–Kier alpha value is -0.650. The van der Waals surface area contributed by atoms with Crippen LogP contribution in [0.1, 0.15) is 13.3 Å². The van der Waals surface area contributed by atoms with E-state index in [0.717, 1.165) is 26.1 Å². The van der Waals surface area contributed by atoms with Crippen LogP contribution in [0.3, 0.4) is 0 Å². The van der Waals surface area contributed by atoms with Crippen molar-refractivity contribution >= 4 is 5.91 Å². The Labute approximate surface area is 96.2 Å². The molecule has 16 heavy (non-hydrogen) atoms. The van der Waals surface area contributed by atoms with Crippen LogP contribution in [-0.2, 0) is 4.79 Å². The third-order valence-electron chi connectivity index (χ3n) is 3.57. The maximum absolute atomic E-state index is 12.1. The summed E-state index contributed by atoms with van der Waals surface area (Å²) in [7, 11) is 0. The Kier molecular flexibility index (Phi) is 3.78. The molecule has 0 aliphatic carbocycles. The van der Waals surface area contributed by atoms with Crippen molar-refractivity contribution in [1.29, 1.82) is 0 Å². The van der Waals surface area contributed by atoms with Gasteiger partial charge in [0.1, 0.15) is 0 Å². The first-order valence-electron chi connectivity index (χ1n) is 6.09. The summed E-state index contributed by atoms with van der Waals surface area (Å²) in [6.07, 6.45) is 0.529. The standard InChI is InChI=1S/C11H21N3O2/c1-8-2-5-14(7-10(8)15)11(16)9-6-12-3-4-13-9/h8-10,12-13,15H,2-7H2,1H3. The number of aliphatic hydroxyl groups is 1. The first-order valence-corrected chi connectivity index (χ1v) is 6.09. The molecule has 92 valence electrons. The van der Waals surface area contributed by atoms with E-state index < -0.39 is 0 Å². The lowest BCUT2D eigenvalue weighted by Gasteiger charge is -2.37. The fourth-order valence-corrected chi connectivity index (χ4v) is 2.30. The van der Waals surface area contributed by atoms with Crippen molar-refractivity contribution in [3.63, 3.8) is 0 Å².